The zero-order chi connectivity index (χ0) is 12.1. The number of esters is 1. The van der Waals surface area contributed by atoms with Crippen LogP contribution < -0.4 is 0 Å². The number of ether oxygens (including phenoxy) is 1. The van der Waals surface area contributed by atoms with E-state index in [1.807, 2.05) is 18.6 Å². The highest BCUT2D eigenvalue weighted by Gasteiger charge is 2.25. The van der Waals surface area contributed by atoms with Gasteiger partial charge in [0, 0.05) is 17.6 Å². The second-order valence-corrected chi connectivity index (χ2v) is 5.24. The standard InChI is InChI=1S/C12H18N2O2S/c1-2-16-12(15)10-3-5-14(6-4-10)8-11-7-13-9-17-11/h7,9-10H,2-6,8H2,1H3. The molecule has 0 amide bonds. The molecule has 0 aromatic carbocycles. The molecular formula is C12H18N2O2S. The monoisotopic (exact) mass is 254 g/mol. The van der Waals surface area contributed by atoms with Crippen LogP contribution >= 0.6 is 11.3 Å². The summed E-state index contributed by atoms with van der Waals surface area (Å²) in [6, 6.07) is 0. The van der Waals surface area contributed by atoms with E-state index in [1.54, 1.807) is 11.3 Å². The number of likely N-dealkylation sites (tertiary alicyclic amines) is 1. The third kappa shape index (κ3) is 3.51. The summed E-state index contributed by atoms with van der Waals surface area (Å²) in [5.74, 6) is 0.0811. The molecule has 0 unspecified atom stereocenters. The fourth-order valence-corrected chi connectivity index (χ4v) is 2.76. The van der Waals surface area contributed by atoms with Crippen LogP contribution in [0.5, 0.6) is 0 Å². The Balaban J connectivity index is 1.76. The van der Waals surface area contributed by atoms with Crippen LogP contribution in [0.15, 0.2) is 11.7 Å². The smallest absolute Gasteiger partial charge is 0.309 e. The summed E-state index contributed by atoms with van der Waals surface area (Å²) in [6.07, 6.45) is 3.75. The molecule has 0 spiro atoms. The lowest BCUT2D eigenvalue weighted by atomic mass is 9.97. The number of carbonyl (C=O) groups excluding carboxylic acids is 1. The molecule has 0 atom stereocenters. The molecule has 1 aromatic heterocycles. The van der Waals surface area contributed by atoms with E-state index in [0.717, 1.165) is 32.5 Å². The molecule has 1 aliphatic heterocycles. The Morgan fingerprint density at radius 1 is 1.59 bits per heavy atom. The lowest BCUT2D eigenvalue weighted by Crippen LogP contribution is -2.36. The van der Waals surface area contributed by atoms with Gasteiger partial charge in [0.15, 0.2) is 0 Å². The van der Waals surface area contributed by atoms with Gasteiger partial charge in [-0.25, -0.2) is 0 Å². The van der Waals surface area contributed by atoms with Gasteiger partial charge in [-0.15, -0.1) is 11.3 Å². The van der Waals surface area contributed by atoms with Crippen LogP contribution in [0.3, 0.4) is 0 Å². The molecule has 0 saturated carbocycles. The maximum absolute atomic E-state index is 11.6. The van der Waals surface area contributed by atoms with Gasteiger partial charge in [0.2, 0.25) is 0 Å². The number of hydrogen-bond donors (Lipinski definition) is 0. The van der Waals surface area contributed by atoms with Crippen molar-refractivity contribution >= 4 is 17.3 Å². The van der Waals surface area contributed by atoms with Gasteiger partial charge in [0.1, 0.15) is 0 Å². The Hall–Kier alpha value is -0.940. The molecule has 1 aromatic rings. The van der Waals surface area contributed by atoms with E-state index < -0.39 is 0 Å². The number of piperidine rings is 1. The van der Waals surface area contributed by atoms with E-state index in [0.29, 0.717) is 6.61 Å². The van der Waals surface area contributed by atoms with Crippen LogP contribution in [0.25, 0.3) is 0 Å². The molecule has 94 valence electrons. The first kappa shape index (κ1) is 12.5. The van der Waals surface area contributed by atoms with E-state index in [9.17, 15) is 4.79 Å². The van der Waals surface area contributed by atoms with Crippen molar-refractivity contribution in [3.05, 3.63) is 16.6 Å². The van der Waals surface area contributed by atoms with Crippen molar-refractivity contribution in [1.82, 2.24) is 9.88 Å². The van der Waals surface area contributed by atoms with Crippen LogP contribution in [0.2, 0.25) is 0 Å². The minimum Gasteiger partial charge on any atom is -0.466 e. The maximum Gasteiger partial charge on any atom is 0.309 e. The molecule has 4 nitrogen and oxygen atoms in total. The third-order valence-electron chi connectivity index (χ3n) is 3.07. The Kier molecular flexibility index (Phi) is 4.50. The van der Waals surface area contributed by atoms with E-state index >= 15 is 0 Å². The number of nitrogens with zero attached hydrogens (tertiary/aromatic N) is 2. The van der Waals surface area contributed by atoms with Crippen LogP contribution in [0, 0.1) is 5.92 Å². The zero-order valence-electron chi connectivity index (χ0n) is 10.1. The average molecular weight is 254 g/mol. The number of hydrogen-bond acceptors (Lipinski definition) is 5. The van der Waals surface area contributed by atoms with Crippen molar-refractivity contribution in [3.63, 3.8) is 0 Å². The van der Waals surface area contributed by atoms with Gasteiger partial charge >= 0.3 is 5.97 Å². The molecular weight excluding hydrogens is 236 g/mol. The van der Waals surface area contributed by atoms with E-state index in [2.05, 4.69) is 9.88 Å². The second kappa shape index (κ2) is 6.12. The lowest BCUT2D eigenvalue weighted by molar-refractivity contribution is -0.149. The molecule has 2 rings (SSSR count). The summed E-state index contributed by atoms with van der Waals surface area (Å²) in [6.45, 7) is 5.25. The molecule has 5 heteroatoms. The van der Waals surface area contributed by atoms with Crippen LogP contribution in [0.1, 0.15) is 24.6 Å². The van der Waals surface area contributed by atoms with Crippen molar-refractivity contribution in [3.8, 4) is 0 Å². The largest absolute Gasteiger partial charge is 0.466 e. The Morgan fingerprint density at radius 3 is 2.94 bits per heavy atom. The topological polar surface area (TPSA) is 42.4 Å². The predicted octanol–water partition coefficient (Wildman–Crippen LogP) is 1.92. The minimum absolute atomic E-state index is 0.0232. The highest BCUT2D eigenvalue weighted by atomic mass is 32.1. The van der Waals surface area contributed by atoms with E-state index in [4.69, 9.17) is 4.74 Å². The van der Waals surface area contributed by atoms with Crippen molar-refractivity contribution in [1.29, 1.82) is 0 Å². The fourth-order valence-electron chi connectivity index (χ4n) is 2.13. The summed E-state index contributed by atoms with van der Waals surface area (Å²) < 4.78 is 5.06. The minimum atomic E-state index is -0.0232. The lowest BCUT2D eigenvalue weighted by Gasteiger charge is -2.30. The summed E-state index contributed by atoms with van der Waals surface area (Å²) in [5, 5.41) is 0. The molecule has 1 aliphatic rings. The Bertz CT molecular complexity index is 345. The first-order chi connectivity index (χ1) is 8.29. The molecule has 0 bridgehead atoms. The van der Waals surface area contributed by atoms with Gasteiger partial charge in [-0.2, -0.15) is 0 Å². The van der Waals surface area contributed by atoms with Crippen molar-refractivity contribution in [2.45, 2.75) is 26.3 Å². The summed E-state index contributed by atoms with van der Waals surface area (Å²) in [7, 11) is 0. The first-order valence-corrected chi connectivity index (χ1v) is 6.94. The molecule has 0 radical (unpaired) electrons. The average Bonchev–Trinajstić information content (AvgIpc) is 2.83. The quantitative estimate of drug-likeness (QED) is 0.770. The number of rotatable bonds is 4. The van der Waals surface area contributed by atoms with Crippen molar-refractivity contribution in [2.24, 2.45) is 5.92 Å². The highest BCUT2D eigenvalue weighted by Crippen LogP contribution is 2.21. The summed E-state index contributed by atoms with van der Waals surface area (Å²) >= 11 is 1.69. The zero-order valence-corrected chi connectivity index (χ0v) is 10.9. The van der Waals surface area contributed by atoms with Crippen molar-refractivity contribution in [2.75, 3.05) is 19.7 Å². The third-order valence-corrected chi connectivity index (χ3v) is 3.83. The molecule has 0 N–H and O–H groups in total. The van der Waals surface area contributed by atoms with E-state index in [1.165, 1.54) is 4.88 Å². The number of aromatic nitrogens is 1. The van der Waals surface area contributed by atoms with Gasteiger partial charge in [0.25, 0.3) is 0 Å². The second-order valence-electron chi connectivity index (χ2n) is 4.27. The number of thiazole rings is 1. The number of carbonyl (C=O) groups is 1. The van der Waals surface area contributed by atoms with Gasteiger partial charge in [-0.05, 0) is 32.9 Å². The Labute approximate surface area is 106 Å². The fraction of sp³-hybridized carbons (Fsp3) is 0.667. The molecule has 1 fully saturated rings. The van der Waals surface area contributed by atoms with Crippen molar-refractivity contribution < 1.29 is 9.53 Å². The normalized spacial score (nSPS) is 18.2. The first-order valence-electron chi connectivity index (χ1n) is 6.06. The molecule has 2 heterocycles. The Morgan fingerprint density at radius 2 is 2.35 bits per heavy atom. The highest BCUT2D eigenvalue weighted by molar-refractivity contribution is 7.09. The SMILES string of the molecule is CCOC(=O)C1CCN(Cc2cncs2)CC1. The summed E-state index contributed by atoms with van der Waals surface area (Å²) in [4.78, 5) is 19.3. The van der Waals surface area contributed by atoms with Crippen LogP contribution in [-0.4, -0.2) is 35.5 Å². The van der Waals surface area contributed by atoms with Crippen LogP contribution in [-0.2, 0) is 16.1 Å². The van der Waals surface area contributed by atoms with Gasteiger partial charge < -0.3 is 4.74 Å². The maximum atomic E-state index is 11.6. The molecule has 1 saturated heterocycles. The van der Waals surface area contributed by atoms with Gasteiger partial charge in [-0.3, -0.25) is 14.7 Å². The summed E-state index contributed by atoms with van der Waals surface area (Å²) in [5.41, 5.74) is 1.86. The predicted molar refractivity (Wildman–Crippen MR) is 66.7 cm³/mol. The molecule has 0 aliphatic carbocycles. The van der Waals surface area contributed by atoms with Crippen LogP contribution in [0.4, 0.5) is 0 Å². The van der Waals surface area contributed by atoms with E-state index in [-0.39, 0.29) is 11.9 Å². The van der Waals surface area contributed by atoms with Gasteiger partial charge in [-0.1, -0.05) is 0 Å². The molecule has 17 heavy (non-hydrogen) atoms. The van der Waals surface area contributed by atoms with Gasteiger partial charge in [0.05, 0.1) is 18.0 Å².